The number of hydrogen-bond acceptors (Lipinski definition) is 4. The minimum atomic E-state index is -0.531. The van der Waals surface area contributed by atoms with Crippen molar-refractivity contribution in [3.05, 3.63) is 78.0 Å². The van der Waals surface area contributed by atoms with E-state index in [0.29, 0.717) is 24.0 Å². The smallest absolute Gasteiger partial charge is 0.226 e. The molecule has 0 unspecified atom stereocenters. The van der Waals surface area contributed by atoms with Crippen LogP contribution in [0.4, 0.5) is 10.1 Å². The maximum atomic E-state index is 13.6. The number of hydrogen-bond donors (Lipinski definition) is 0. The zero-order valence-electron chi connectivity index (χ0n) is 16.4. The van der Waals surface area contributed by atoms with Crippen molar-refractivity contribution in [2.24, 2.45) is 0 Å². The molecule has 0 radical (unpaired) electrons. The van der Waals surface area contributed by atoms with Crippen LogP contribution in [0.2, 0.25) is 0 Å². The summed E-state index contributed by atoms with van der Waals surface area (Å²) in [7, 11) is 1.72. The van der Waals surface area contributed by atoms with E-state index in [-0.39, 0.29) is 18.1 Å². The number of benzene rings is 1. The summed E-state index contributed by atoms with van der Waals surface area (Å²) >= 11 is 0. The molecule has 0 aliphatic heterocycles. The van der Waals surface area contributed by atoms with E-state index in [0.717, 1.165) is 16.9 Å². The Kier molecular flexibility index (Phi) is 6.44. The predicted octanol–water partition coefficient (Wildman–Crippen LogP) is 4.47. The Morgan fingerprint density at radius 3 is 2.41 bits per heavy atom. The average molecular weight is 391 g/mol. The van der Waals surface area contributed by atoms with Gasteiger partial charge in [-0.15, -0.1) is 0 Å². The number of rotatable bonds is 7. The van der Waals surface area contributed by atoms with Crippen molar-refractivity contribution < 1.29 is 14.0 Å². The molecule has 0 atom stereocenters. The second kappa shape index (κ2) is 9.19. The van der Waals surface area contributed by atoms with Crippen LogP contribution in [0.3, 0.4) is 0 Å². The van der Waals surface area contributed by atoms with Crippen LogP contribution in [0.25, 0.3) is 11.3 Å². The number of pyridine rings is 2. The Morgan fingerprint density at radius 1 is 1.03 bits per heavy atom. The van der Waals surface area contributed by atoms with E-state index in [1.807, 2.05) is 31.2 Å². The molecular formula is C23H22FN3O2. The third-order valence-electron chi connectivity index (χ3n) is 4.77. The highest BCUT2D eigenvalue weighted by molar-refractivity contribution is 5.96. The van der Waals surface area contributed by atoms with Crippen LogP contribution in [0.1, 0.15) is 35.7 Å². The first-order chi connectivity index (χ1) is 14.0. The van der Waals surface area contributed by atoms with Crippen LogP contribution in [0, 0.1) is 5.95 Å². The lowest BCUT2D eigenvalue weighted by Gasteiger charge is -2.16. The summed E-state index contributed by atoms with van der Waals surface area (Å²) in [6.07, 6.45) is 4.01. The number of Topliss-reactive ketones (excluding diaryl/α,β-unsaturated/α-hetero) is 1. The summed E-state index contributed by atoms with van der Waals surface area (Å²) in [5.74, 6) is -0.562. The molecule has 0 N–H and O–H groups in total. The molecule has 2 aromatic heterocycles. The summed E-state index contributed by atoms with van der Waals surface area (Å²) in [5, 5.41) is 0. The molecule has 0 bridgehead atoms. The number of ketones is 1. The van der Waals surface area contributed by atoms with Crippen molar-refractivity contribution in [2.75, 3.05) is 11.9 Å². The van der Waals surface area contributed by atoms with Gasteiger partial charge in [-0.05, 0) is 24.6 Å². The van der Waals surface area contributed by atoms with Gasteiger partial charge in [0.15, 0.2) is 5.78 Å². The summed E-state index contributed by atoms with van der Waals surface area (Å²) in [6.45, 7) is 1.82. The zero-order chi connectivity index (χ0) is 20.8. The van der Waals surface area contributed by atoms with Crippen molar-refractivity contribution in [3.8, 4) is 11.3 Å². The first-order valence-electron chi connectivity index (χ1n) is 9.45. The Bertz CT molecular complexity index is 1000. The summed E-state index contributed by atoms with van der Waals surface area (Å²) in [6, 6.07) is 14.2. The van der Waals surface area contributed by atoms with E-state index in [2.05, 4.69) is 9.97 Å². The van der Waals surface area contributed by atoms with Crippen molar-refractivity contribution >= 4 is 17.4 Å². The van der Waals surface area contributed by atoms with Crippen LogP contribution >= 0.6 is 0 Å². The van der Waals surface area contributed by atoms with E-state index >= 15 is 0 Å². The topological polar surface area (TPSA) is 63.2 Å². The Labute approximate surface area is 169 Å². The highest BCUT2D eigenvalue weighted by atomic mass is 19.1. The zero-order valence-corrected chi connectivity index (χ0v) is 16.4. The van der Waals surface area contributed by atoms with Gasteiger partial charge in [-0.3, -0.25) is 14.6 Å². The van der Waals surface area contributed by atoms with E-state index in [9.17, 15) is 14.0 Å². The molecule has 0 aliphatic carbocycles. The molecular weight excluding hydrogens is 369 g/mol. The maximum Gasteiger partial charge on any atom is 0.226 e. The van der Waals surface area contributed by atoms with Crippen molar-refractivity contribution in [2.45, 2.75) is 26.2 Å². The molecule has 1 aromatic carbocycles. The summed E-state index contributed by atoms with van der Waals surface area (Å²) in [5.41, 5.74) is 3.37. The van der Waals surface area contributed by atoms with Crippen molar-refractivity contribution in [1.29, 1.82) is 0 Å². The van der Waals surface area contributed by atoms with Crippen LogP contribution in [0.5, 0.6) is 0 Å². The number of halogens is 1. The van der Waals surface area contributed by atoms with Crippen LogP contribution in [-0.4, -0.2) is 28.7 Å². The normalized spacial score (nSPS) is 10.6. The highest BCUT2D eigenvalue weighted by Gasteiger charge is 2.11. The van der Waals surface area contributed by atoms with Crippen LogP contribution in [0.15, 0.2) is 60.9 Å². The minimum Gasteiger partial charge on any atom is -0.314 e. The van der Waals surface area contributed by atoms with Crippen molar-refractivity contribution in [1.82, 2.24) is 9.97 Å². The number of aromatic nitrogens is 2. The molecule has 0 fully saturated rings. The average Bonchev–Trinajstić information content (AvgIpc) is 2.77. The quantitative estimate of drug-likeness (QED) is 0.440. The van der Waals surface area contributed by atoms with Gasteiger partial charge in [0.05, 0.1) is 17.6 Å². The van der Waals surface area contributed by atoms with Gasteiger partial charge >= 0.3 is 0 Å². The number of carbonyl (C=O) groups excluding carboxylic acids is 2. The number of anilines is 1. The van der Waals surface area contributed by atoms with Crippen LogP contribution in [-0.2, 0) is 11.2 Å². The predicted molar refractivity (Wildman–Crippen MR) is 110 cm³/mol. The maximum absolute atomic E-state index is 13.6. The molecule has 0 saturated carbocycles. The molecule has 0 spiro atoms. The van der Waals surface area contributed by atoms with Gasteiger partial charge in [0.1, 0.15) is 0 Å². The van der Waals surface area contributed by atoms with E-state index in [4.69, 9.17) is 0 Å². The third kappa shape index (κ3) is 4.90. The lowest BCUT2D eigenvalue weighted by Crippen LogP contribution is -2.25. The molecule has 29 heavy (non-hydrogen) atoms. The lowest BCUT2D eigenvalue weighted by molar-refractivity contribution is -0.118. The summed E-state index contributed by atoms with van der Waals surface area (Å²) in [4.78, 5) is 33.8. The lowest BCUT2D eigenvalue weighted by atomic mass is 10.0. The molecule has 148 valence electrons. The number of aryl methyl sites for hydroxylation is 1. The highest BCUT2D eigenvalue weighted by Crippen LogP contribution is 2.21. The molecule has 1 amide bonds. The first-order valence-corrected chi connectivity index (χ1v) is 9.45. The second-order valence-electron chi connectivity index (χ2n) is 6.66. The number of amides is 1. The van der Waals surface area contributed by atoms with E-state index < -0.39 is 5.95 Å². The molecule has 3 aromatic rings. The fraction of sp³-hybridized carbons (Fsp3) is 0.217. The minimum absolute atomic E-state index is 0.0218. The fourth-order valence-corrected chi connectivity index (χ4v) is 2.96. The van der Waals surface area contributed by atoms with Gasteiger partial charge < -0.3 is 4.90 Å². The Morgan fingerprint density at radius 2 is 1.79 bits per heavy atom. The molecule has 2 heterocycles. The van der Waals surface area contributed by atoms with E-state index in [1.54, 1.807) is 42.4 Å². The molecule has 3 rings (SSSR count). The molecule has 5 nitrogen and oxygen atoms in total. The Hall–Kier alpha value is -3.41. The van der Waals surface area contributed by atoms with Gasteiger partial charge in [-0.1, -0.05) is 37.3 Å². The monoisotopic (exact) mass is 391 g/mol. The first kappa shape index (κ1) is 20.3. The van der Waals surface area contributed by atoms with Gasteiger partial charge in [-0.2, -0.15) is 4.39 Å². The van der Waals surface area contributed by atoms with E-state index in [1.165, 1.54) is 6.20 Å². The largest absolute Gasteiger partial charge is 0.314 e. The standard InChI is InChI=1S/C23H22FN3O2/c1-3-22(29)27(2)19-11-12-20(26-15-19)16-6-8-17(9-7-16)21(28)13-10-18-5-4-14-25-23(18)24/h4-9,11-12,14-15H,3,10,13H2,1-2H3. The van der Waals surface area contributed by atoms with Crippen LogP contribution < -0.4 is 4.90 Å². The second-order valence-corrected chi connectivity index (χ2v) is 6.66. The Balaban J connectivity index is 1.66. The van der Waals surface area contributed by atoms with Gasteiger partial charge in [0, 0.05) is 42.8 Å². The molecule has 0 aliphatic rings. The van der Waals surface area contributed by atoms with Gasteiger partial charge in [0.25, 0.3) is 0 Å². The SMILES string of the molecule is CCC(=O)N(C)c1ccc(-c2ccc(C(=O)CCc3cccnc3F)cc2)nc1. The van der Waals surface area contributed by atoms with Gasteiger partial charge in [0.2, 0.25) is 11.9 Å². The number of nitrogens with zero attached hydrogens (tertiary/aromatic N) is 3. The molecule has 6 heteroatoms. The van der Waals surface area contributed by atoms with Gasteiger partial charge in [-0.25, -0.2) is 4.98 Å². The van der Waals surface area contributed by atoms with Crippen molar-refractivity contribution in [3.63, 3.8) is 0 Å². The summed E-state index contributed by atoms with van der Waals surface area (Å²) < 4.78 is 13.6. The third-order valence-corrected chi connectivity index (χ3v) is 4.77. The number of carbonyl (C=O) groups is 2. The fourth-order valence-electron chi connectivity index (χ4n) is 2.96. The molecule has 0 saturated heterocycles.